The van der Waals surface area contributed by atoms with Crippen molar-refractivity contribution in [3.8, 4) is 0 Å². The monoisotopic (exact) mass is 401 g/mol. The lowest BCUT2D eigenvalue weighted by molar-refractivity contribution is 0.759. The number of nitrogens with zero attached hydrogens (tertiary/aromatic N) is 2. The normalized spacial score (nSPS) is 13.3. The summed E-state index contributed by atoms with van der Waals surface area (Å²) in [6.07, 6.45) is 3.49. The van der Waals surface area contributed by atoms with Crippen molar-refractivity contribution >= 4 is 34.4 Å². The highest BCUT2D eigenvalue weighted by Gasteiger charge is 2.18. The van der Waals surface area contributed by atoms with E-state index in [2.05, 4.69) is 95.0 Å². The lowest BCUT2D eigenvalue weighted by Gasteiger charge is -2.27. The fraction of sp³-hybridized carbons (Fsp3) is 0.240. The van der Waals surface area contributed by atoms with Crippen LogP contribution in [-0.2, 0) is 13.0 Å². The van der Waals surface area contributed by atoms with Crippen LogP contribution < -0.4 is 15.1 Å². The van der Waals surface area contributed by atoms with E-state index >= 15 is 0 Å². The molecule has 1 N–H and O–H groups in total. The number of hydrogen-bond acceptors (Lipinski definition) is 2. The zero-order chi connectivity index (χ0) is 20.1. The topological polar surface area (TPSA) is 18.5 Å². The van der Waals surface area contributed by atoms with Crippen molar-refractivity contribution in [3.05, 3.63) is 90.0 Å². The molecule has 1 aliphatic rings. The van der Waals surface area contributed by atoms with Crippen LogP contribution >= 0.6 is 12.2 Å². The van der Waals surface area contributed by atoms with Crippen LogP contribution in [0, 0.1) is 0 Å². The maximum atomic E-state index is 5.81. The third kappa shape index (κ3) is 4.43. The quantitative estimate of drug-likeness (QED) is 0.567. The first-order valence-electron chi connectivity index (χ1n) is 10.2. The van der Waals surface area contributed by atoms with Crippen LogP contribution in [0.25, 0.3) is 0 Å². The van der Waals surface area contributed by atoms with E-state index in [1.54, 1.807) is 0 Å². The average molecular weight is 402 g/mol. The lowest BCUT2D eigenvalue weighted by atomic mass is 10.1. The summed E-state index contributed by atoms with van der Waals surface area (Å²) in [6, 6.07) is 27.6. The maximum absolute atomic E-state index is 5.81. The Bertz CT molecular complexity index is 971. The Morgan fingerprint density at radius 2 is 1.66 bits per heavy atom. The first kappa shape index (κ1) is 19.5. The smallest absolute Gasteiger partial charge is 0.173 e. The largest absolute Gasteiger partial charge is 0.358 e. The molecule has 4 rings (SSSR count). The SMILES string of the molecule is CN(c1ccccc1)c1ccccc1CNC(=S)N1CCCCc2ccccc21. The fourth-order valence-electron chi connectivity index (χ4n) is 3.95. The Morgan fingerprint density at radius 3 is 2.52 bits per heavy atom. The molecule has 3 aromatic rings. The van der Waals surface area contributed by atoms with Gasteiger partial charge in [-0.15, -0.1) is 0 Å². The lowest BCUT2D eigenvalue weighted by Crippen LogP contribution is -2.40. The van der Waals surface area contributed by atoms with Crippen molar-refractivity contribution in [2.45, 2.75) is 25.8 Å². The Balaban J connectivity index is 1.51. The first-order valence-corrected chi connectivity index (χ1v) is 10.6. The number of anilines is 3. The molecule has 0 saturated carbocycles. The van der Waals surface area contributed by atoms with Crippen LogP contribution in [0.1, 0.15) is 24.0 Å². The minimum atomic E-state index is 0.699. The van der Waals surface area contributed by atoms with Gasteiger partial charge in [0.2, 0.25) is 0 Å². The summed E-state index contributed by atoms with van der Waals surface area (Å²) in [5.41, 5.74) is 6.22. The number of benzene rings is 3. The molecule has 148 valence electrons. The summed E-state index contributed by atoms with van der Waals surface area (Å²) in [5, 5.41) is 4.32. The van der Waals surface area contributed by atoms with Crippen molar-refractivity contribution in [1.29, 1.82) is 0 Å². The van der Waals surface area contributed by atoms with Crippen LogP contribution in [0.3, 0.4) is 0 Å². The molecule has 3 aromatic carbocycles. The van der Waals surface area contributed by atoms with Gasteiger partial charge in [0.1, 0.15) is 0 Å². The molecule has 0 fully saturated rings. The Labute approximate surface area is 179 Å². The van der Waals surface area contributed by atoms with Gasteiger partial charge in [0, 0.05) is 37.2 Å². The van der Waals surface area contributed by atoms with E-state index in [1.165, 1.54) is 34.6 Å². The molecule has 0 atom stereocenters. The van der Waals surface area contributed by atoms with Crippen molar-refractivity contribution < 1.29 is 0 Å². The molecule has 0 aliphatic carbocycles. The van der Waals surface area contributed by atoms with Crippen LogP contribution in [0.15, 0.2) is 78.9 Å². The number of aryl methyl sites for hydroxylation is 1. The van der Waals surface area contributed by atoms with Gasteiger partial charge < -0.3 is 15.1 Å². The average Bonchev–Trinajstić information content (AvgIpc) is 3.00. The summed E-state index contributed by atoms with van der Waals surface area (Å²) in [6.45, 7) is 1.67. The number of nitrogens with one attached hydrogen (secondary N) is 1. The van der Waals surface area contributed by atoms with E-state index in [0.29, 0.717) is 6.54 Å². The van der Waals surface area contributed by atoms with E-state index in [1.807, 2.05) is 6.07 Å². The van der Waals surface area contributed by atoms with E-state index in [9.17, 15) is 0 Å². The summed E-state index contributed by atoms with van der Waals surface area (Å²) in [7, 11) is 2.11. The number of thiocarbonyl (C=S) groups is 1. The molecule has 0 bridgehead atoms. The minimum absolute atomic E-state index is 0.699. The molecule has 4 heteroatoms. The van der Waals surface area contributed by atoms with Gasteiger partial charge >= 0.3 is 0 Å². The molecule has 0 saturated heterocycles. The fourth-order valence-corrected chi connectivity index (χ4v) is 4.21. The third-order valence-electron chi connectivity index (χ3n) is 5.53. The minimum Gasteiger partial charge on any atom is -0.358 e. The molecular formula is C25H27N3S. The second-order valence-corrected chi connectivity index (χ2v) is 7.81. The van der Waals surface area contributed by atoms with Gasteiger partial charge in [0.25, 0.3) is 0 Å². The molecule has 1 aliphatic heterocycles. The molecule has 0 radical (unpaired) electrons. The highest BCUT2D eigenvalue weighted by atomic mass is 32.1. The van der Waals surface area contributed by atoms with E-state index in [4.69, 9.17) is 12.2 Å². The molecule has 3 nitrogen and oxygen atoms in total. The summed E-state index contributed by atoms with van der Waals surface area (Å²) < 4.78 is 0. The zero-order valence-corrected chi connectivity index (χ0v) is 17.7. The molecule has 0 amide bonds. The molecule has 0 aromatic heterocycles. The second-order valence-electron chi connectivity index (χ2n) is 7.42. The van der Waals surface area contributed by atoms with E-state index in [0.717, 1.165) is 24.5 Å². The van der Waals surface area contributed by atoms with Crippen LogP contribution in [0.4, 0.5) is 17.1 Å². The van der Waals surface area contributed by atoms with Crippen LogP contribution in [0.2, 0.25) is 0 Å². The van der Waals surface area contributed by atoms with Crippen LogP contribution in [-0.4, -0.2) is 18.7 Å². The van der Waals surface area contributed by atoms with Crippen molar-refractivity contribution in [2.75, 3.05) is 23.4 Å². The number of rotatable bonds is 4. The summed E-state index contributed by atoms with van der Waals surface area (Å²) in [4.78, 5) is 4.49. The molecule has 1 heterocycles. The Morgan fingerprint density at radius 1 is 0.931 bits per heavy atom. The molecule has 0 unspecified atom stereocenters. The number of para-hydroxylation sites is 3. The van der Waals surface area contributed by atoms with E-state index < -0.39 is 0 Å². The van der Waals surface area contributed by atoms with Gasteiger partial charge in [-0.2, -0.15) is 0 Å². The predicted octanol–water partition coefficient (Wildman–Crippen LogP) is 5.67. The standard InChI is InChI=1S/C25H27N3S/c1-27(22-14-3-2-4-15-22)23-16-7-6-13-21(23)19-26-25(29)28-18-10-9-12-20-11-5-8-17-24(20)28/h2-8,11,13-17H,9-10,12,18-19H2,1H3,(H,26,29). The molecule has 29 heavy (non-hydrogen) atoms. The molecule has 0 spiro atoms. The highest BCUT2D eigenvalue weighted by molar-refractivity contribution is 7.80. The van der Waals surface area contributed by atoms with Gasteiger partial charge in [-0.1, -0.05) is 54.6 Å². The summed E-state index contributed by atoms with van der Waals surface area (Å²) in [5.74, 6) is 0. The van der Waals surface area contributed by atoms with Gasteiger partial charge in [0.05, 0.1) is 0 Å². The predicted molar refractivity (Wildman–Crippen MR) is 127 cm³/mol. The number of hydrogen-bond donors (Lipinski definition) is 1. The van der Waals surface area contributed by atoms with Gasteiger partial charge in [-0.05, 0) is 66.9 Å². The number of fused-ring (bicyclic) bond motifs is 1. The maximum Gasteiger partial charge on any atom is 0.173 e. The summed E-state index contributed by atoms with van der Waals surface area (Å²) >= 11 is 5.81. The van der Waals surface area contributed by atoms with Crippen molar-refractivity contribution in [1.82, 2.24) is 5.32 Å². The van der Waals surface area contributed by atoms with Gasteiger partial charge in [-0.3, -0.25) is 0 Å². The first-order chi connectivity index (χ1) is 14.2. The zero-order valence-electron chi connectivity index (χ0n) is 16.8. The molecular weight excluding hydrogens is 374 g/mol. The van der Waals surface area contributed by atoms with Crippen LogP contribution in [0.5, 0.6) is 0 Å². The Kier molecular flexibility index (Phi) is 6.11. The van der Waals surface area contributed by atoms with Crippen molar-refractivity contribution in [2.24, 2.45) is 0 Å². The highest BCUT2D eigenvalue weighted by Crippen LogP contribution is 2.28. The van der Waals surface area contributed by atoms with Gasteiger partial charge in [-0.25, -0.2) is 0 Å². The van der Waals surface area contributed by atoms with Crippen molar-refractivity contribution in [3.63, 3.8) is 0 Å². The van der Waals surface area contributed by atoms with Gasteiger partial charge in [0.15, 0.2) is 5.11 Å². The third-order valence-corrected chi connectivity index (χ3v) is 5.90. The van der Waals surface area contributed by atoms with E-state index in [-0.39, 0.29) is 0 Å². The Hall–Kier alpha value is -2.85. The second kappa shape index (κ2) is 9.10.